The monoisotopic (exact) mass is 312 g/mol. The van der Waals surface area contributed by atoms with Crippen molar-refractivity contribution < 1.29 is 0 Å². The van der Waals surface area contributed by atoms with Gasteiger partial charge in [-0.15, -0.1) is 11.3 Å². The molecule has 1 N–H and O–H groups in total. The molecule has 4 nitrogen and oxygen atoms in total. The standard InChI is InChI=1S/C17H20N4S/c1-2-8-18-13(5-1)11-16-20-15-7-3-9-19-17(15)21(16)12-14-6-4-10-22-14/h3-4,6-7,9-10,13,18H,1-2,5,8,11-12H2. The number of piperidine rings is 1. The van der Waals surface area contributed by atoms with Crippen molar-refractivity contribution in [3.63, 3.8) is 0 Å². The second-order valence-electron chi connectivity index (χ2n) is 5.89. The Labute approximate surface area is 134 Å². The number of rotatable bonds is 4. The zero-order chi connectivity index (χ0) is 14.8. The highest BCUT2D eigenvalue weighted by molar-refractivity contribution is 7.09. The molecule has 114 valence electrons. The molecule has 4 rings (SSSR count). The molecule has 0 aliphatic carbocycles. The quantitative estimate of drug-likeness (QED) is 0.804. The highest BCUT2D eigenvalue weighted by Gasteiger charge is 2.18. The van der Waals surface area contributed by atoms with Crippen LogP contribution in [0.5, 0.6) is 0 Å². The van der Waals surface area contributed by atoms with E-state index in [-0.39, 0.29) is 0 Å². The van der Waals surface area contributed by atoms with Gasteiger partial charge in [0.1, 0.15) is 11.3 Å². The van der Waals surface area contributed by atoms with Crippen LogP contribution in [0.4, 0.5) is 0 Å². The van der Waals surface area contributed by atoms with E-state index in [1.54, 1.807) is 11.3 Å². The van der Waals surface area contributed by atoms with Gasteiger partial charge in [-0.25, -0.2) is 9.97 Å². The van der Waals surface area contributed by atoms with Crippen molar-refractivity contribution in [2.24, 2.45) is 0 Å². The summed E-state index contributed by atoms with van der Waals surface area (Å²) < 4.78 is 2.29. The zero-order valence-corrected chi connectivity index (χ0v) is 13.4. The van der Waals surface area contributed by atoms with Gasteiger partial charge in [-0.05, 0) is 43.0 Å². The summed E-state index contributed by atoms with van der Waals surface area (Å²) in [6.45, 7) is 2.00. The van der Waals surface area contributed by atoms with Crippen LogP contribution in [0.25, 0.3) is 11.2 Å². The summed E-state index contributed by atoms with van der Waals surface area (Å²) in [5, 5.41) is 5.76. The van der Waals surface area contributed by atoms with Crippen LogP contribution in [0.1, 0.15) is 30.0 Å². The molecule has 1 aliphatic rings. The van der Waals surface area contributed by atoms with Crippen LogP contribution < -0.4 is 5.32 Å². The molecule has 1 fully saturated rings. The Morgan fingerprint density at radius 2 is 2.27 bits per heavy atom. The number of hydrogen-bond donors (Lipinski definition) is 1. The highest BCUT2D eigenvalue weighted by Crippen LogP contribution is 2.20. The second-order valence-corrected chi connectivity index (χ2v) is 6.92. The van der Waals surface area contributed by atoms with Crippen LogP contribution in [-0.4, -0.2) is 27.1 Å². The Balaban J connectivity index is 1.69. The van der Waals surface area contributed by atoms with E-state index >= 15 is 0 Å². The topological polar surface area (TPSA) is 42.7 Å². The second kappa shape index (κ2) is 6.18. The summed E-state index contributed by atoms with van der Waals surface area (Å²) in [6, 6.07) is 8.86. The van der Waals surface area contributed by atoms with Gasteiger partial charge in [-0.2, -0.15) is 0 Å². The van der Waals surface area contributed by atoms with Crippen molar-refractivity contribution in [2.45, 2.75) is 38.3 Å². The average molecular weight is 312 g/mol. The number of nitrogens with one attached hydrogen (secondary N) is 1. The SMILES string of the molecule is c1csc(Cn2c(CC3CCCCN3)nc3cccnc32)c1. The molecule has 0 radical (unpaired) electrons. The molecule has 22 heavy (non-hydrogen) atoms. The highest BCUT2D eigenvalue weighted by atomic mass is 32.1. The molecule has 0 aromatic carbocycles. The largest absolute Gasteiger partial charge is 0.314 e. The Bertz CT molecular complexity index is 741. The summed E-state index contributed by atoms with van der Waals surface area (Å²) in [4.78, 5) is 10.8. The average Bonchev–Trinajstić information content (AvgIpc) is 3.18. The van der Waals surface area contributed by atoms with Gasteiger partial charge in [0.15, 0.2) is 5.65 Å². The molecule has 0 bridgehead atoms. The zero-order valence-electron chi connectivity index (χ0n) is 12.5. The molecule has 1 unspecified atom stereocenters. The summed E-state index contributed by atoms with van der Waals surface area (Å²) in [7, 11) is 0. The first-order valence-electron chi connectivity index (χ1n) is 7.96. The van der Waals surface area contributed by atoms with Crippen LogP contribution in [0.15, 0.2) is 35.8 Å². The van der Waals surface area contributed by atoms with Gasteiger partial charge in [-0.1, -0.05) is 12.5 Å². The number of hydrogen-bond acceptors (Lipinski definition) is 4. The van der Waals surface area contributed by atoms with Crippen molar-refractivity contribution in [3.05, 3.63) is 46.5 Å². The smallest absolute Gasteiger partial charge is 0.160 e. The van der Waals surface area contributed by atoms with Crippen molar-refractivity contribution in [1.82, 2.24) is 19.9 Å². The molecule has 0 saturated carbocycles. The number of pyridine rings is 1. The minimum absolute atomic E-state index is 0.549. The third-order valence-electron chi connectivity index (χ3n) is 4.32. The lowest BCUT2D eigenvalue weighted by molar-refractivity contribution is 0.391. The predicted octanol–water partition coefficient (Wildman–Crippen LogP) is 3.23. The minimum Gasteiger partial charge on any atom is -0.314 e. The Kier molecular flexibility index (Phi) is 3.91. The van der Waals surface area contributed by atoms with Gasteiger partial charge in [0.25, 0.3) is 0 Å². The van der Waals surface area contributed by atoms with E-state index in [4.69, 9.17) is 4.98 Å². The molecule has 4 heterocycles. The summed E-state index contributed by atoms with van der Waals surface area (Å²) in [6.07, 6.45) is 6.71. The van der Waals surface area contributed by atoms with Gasteiger partial charge in [0.05, 0.1) is 6.54 Å². The van der Waals surface area contributed by atoms with Crippen LogP contribution >= 0.6 is 11.3 Å². The Hall–Kier alpha value is -1.72. The lowest BCUT2D eigenvalue weighted by atomic mass is 10.0. The number of thiophene rings is 1. The fourth-order valence-corrected chi connectivity index (χ4v) is 3.90. The third-order valence-corrected chi connectivity index (χ3v) is 5.18. The predicted molar refractivity (Wildman–Crippen MR) is 90.3 cm³/mol. The van der Waals surface area contributed by atoms with Crippen molar-refractivity contribution >= 4 is 22.5 Å². The van der Waals surface area contributed by atoms with E-state index in [0.29, 0.717) is 6.04 Å². The fourth-order valence-electron chi connectivity index (χ4n) is 3.20. The van der Waals surface area contributed by atoms with Crippen molar-refractivity contribution in [3.8, 4) is 0 Å². The number of aromatic nitrogens is 3. The Morgan fingerprint density at radius 1 is 1.27 bits per heavy atom. The molecular formula is C17H20N4S. The van der Waals surface area contributed by atoms with E-state index in [0.717, 1.165) is 36.5 Å². The van der Waals surface area contributed by atoms with E-state index in [1.165, 1.54) is 24.1 Å². The number of nitrogens with zero attached hydrogens (tertiary/aromatic N) is 3. The molecule has 3 aromatic heterocycles. The van der Waals surface area contributed by atoms with Gasteiger partial charge < -0.3 is 9.88 Å². The van der Waals surface area contributed by atoms with E-state index in [2.05, 4.69) is 38.4 Å². The van der Waals surface area contributed by atoms with Crippen LogP contribution in [0.2, 0.25) is 0 Å². The summed E-state index contributed by atoms with van der Waals surface area (Å²) in [5.41, 5.74) is 2.01. The summed E-state index contributed by atoms with van der Waals surface area (Å²) in [5.74, 6) is 1.15. The molecular weight excluding hydrogens is 292 g/mol. The molecule has 1 atom stereocenters. The lowest BCUT2D eigenvalue weighted by Crippen LogP contribution is -2.36. The first kappa shape index (κ1) is 13.9. The van der Waals surface area contributed by atoms with Gasteiger partial charge in [-0.3, -0.25) is 0 Å². The molecule has 0 spiro atoms. The maximum atomic E-state index is 4.85. The van der Waals surface area contributed by atoms with Crippen LogP contribution in [0, 0.1) is 0 Å². The minimum atomic E-state index is 0.549. The van der Waals surface area contributed by atoms with E-state index in [9.17, 15) is 0 Å². The normalized spacial score (nSPS) is 18.8. The molecule has 0 amide bonds. The third kappa shape index (κ3) is 2.78. The molecule has 5 heteroatoms. The van der Waals surface area contributed by atoms with Crippen LogP contribution in [0.3, 0.4) is 0 Å². The maximum absolute atomic E-state index is 4.85. The lowest BCUT2D eigenvalue weighted by Gasteiger charge is -2.23. The van der Waals surface area contributed by atoms with Crippen LogP contribution in [-0.2, 0) is 13.0 Å². The number of fused-ring (bicyclic) bond motifs is 1. The molecule has 1 aliphatic heterocycles. The van der Waals surface area contributed by atoms with Gasteiger partial charge in [0, 0.05) is 23.5 Å². The van der Waals surface area contributed by atoms with Crippen molar-refractivity contribution in [1.29, 1.82) is 0 Å². The van der Waals surface area contributed by atoms with Gasteiger partial charge in [0.2, 0.25) is 0 Å². The fraction of sp³-hybridized carbons (Fsp3) is 0.412. The summed E-state index contributed by atoms with van der Waals surface area (Å²) >= 11 is 1.79. The maximum Gasteiger partial charge on any atom is 0.160 e. The van der Waals surface area contributed by atoms with E-state index < -0.39 is 0 Å². The van der Waals surface area contributed by atoms with E-state index in [1.807, 2.05) is 12.3 Å². The van der Waals surface area contributed by atoms with Gasteiger partial charge >= 0.3 is 0 Å². The Morgan fingerprint density at radius 3 is 3.09 bits per heavy atom. The first-order chi connectivity index (χ1) is 10.9. The first-order valence-corrected chi connectivity index (χ1v) is 8.84. The molecule has 1 saturated heterocycles. The number of imidazole rings is 1. The molecule has 3 aromatic rings. The van der Waals surface area contributed by atoms with Crippen molar-refractivity contribution in [2.75, 3.05) is 6.54 Å².